The van der Waals surface area contributed by atoms with Gasteiger partial charge in [0.05, 0.1) is 5.97 Å². The van der Waals surface area contributed by atoms with E-state index in [9.17, 15) is 19.4 Å². The molecule has 0 radical (unpaired) electrons. The molecule has 2 aromatic rings. The van der Waals surface area contributed by atoms with Gasteiger partial charge < -0.3 is 15.0 Å². The van der Waals surface area contributed by atoms with Crippen LogP contribution >= 0.6 is 0 Å². The van der Waals surface area contributed by atoms with Crippen LogP contribution in [0.2, 0.25) is 0 Å². The molecule has 0 aliphatic carbocycles. The van der Waals surface area contributed by atoms with Crippen LogP contribution in [0.1, 0.15) is 11.1 Å². The zero-order valence-electron chi connectivity index (χ0n) is 9.34. The quantitative estimate of drug-likeness (QED) is 0.870. The highest BCUT2D eigenvalue weighted by Gasteiger charge is 2.33. The van der Waals surface area contributed by atoms with E-state index in [1.165, 1.54) is 24.3 Å². The van der Waals surface area contributed by atoms with Gasteiger partial charge in [0, 0.05) is 0 Å². The lowest BCUT2D eigenvalue weighted by Crippen LogP contribution is -2.46. The van der Waals surface area contributed by atoms with Crippen LogP contribution in [0.25, 0.3) is 0 Å². The van der Waals surface area contributed by atoms with Crippen LogP contribution in [-0.4, -0.2) is 11.1 Å². The maximum absolute atomic E-state index is 12.8. The van der Waals surface area contributed by atoms with Crippen molar-refractivity contribution in [2.24, 2.45) is 0 Å². The summed E-state index contributed by atoms with van der Waals surface area (Å²) in [7, 11) is 0. The summed E-state index contributed by atoms with van der Waals surface area (Å²) in [5.41, 5.74) is -2.07. The van der Waals surface area contributed by atoms with Crippen LogP contribution in [-0.2, 0) is 10.4 Å². The summed E-state index contributed by atoms with van der Waals surface area (Å²) in [6, 6.07) is 12.5. The topological polar surface area (TPSA) is 60.4 Å². The van der Waals surface area contributed by atoms with Gasteiger partial charge in [0.2, 0.25) is 0 Å². The fourth-order valence-electron chi connectivity index (χ4n) is 1.77. The number of hydrogen-bond donors (Lipinski definition) is 1. The van der Waals surface area contributed by atoms with Crippen molar-refractivity contribution in [3.63, 3.8) is 0 Å². The van der Waals surface area contributed by atoms with Gasteiger partial charge in [-0.3, -0.25) is 0 Å². The van der Waals surface area contributed by atoms with E-state index < -0.39 is 17.4 Å². The van der Waals surface area contributed by atoms with E-state index in [1.807, 2.05) is 0 Å². The van der Waals surface area contributed by atoms with E-state index in [0.717, 1.165) is 12.1 Å². The normalized spacial score (nSPS) is 13.9. The zero-order valence-corrected chi connectivity index (χ0v) is 9.34. The zero-order chi connectivity index (χ0) is 13.2. The molecule has 0 heterocycles. The van der Waals surface area contributed by atoms with Gasteiger partial charge in [-0.05, 0) is 23.3 Å². The van der Waals surface area contributed by atoms with Gasteiger partial charge in [-0.15, -0.1) is 0 Å². The van der Waals surface area contributed by atoms with Gasteiger partial charge in [0.15, 0.2) is 5.60 Å². The van der Waals surface area contributed by atoms with E-state index in [2.05, 4.69) is 0 Å². The maximum Gasteiger partial charge on any atom is 0.154 e. The van der Waals surface area contributed by atoms with Crippen molar-refractivity contribution in [3.05, 3.63) is 71.5 Å². The van der Waals surface area contributed by atoms with Crippen molar-refractivity contribution >= 4 is 5.97 Å². The van der Waals surface area contributed by atoms with Crippen LogP contribution in [0.15, 0.2) is 54.6 Å². The monoisotopic (exact) mass is 245 g/mol. The Kier molecular flexibility index (Phi) is 3.12. The molecule has 0 fully saturated rings. The second-order valence-corrected chi connectivity index (χ2v) is 3.87. The molecular formula is C14H10FO3-. The van der Waals surface area contributed by atoms with Gasteiger partial charge >= 0.3 is 0 Å². The van der Waals surface area contributed by atoms with Gasteiger partial charge in [-0.25, -0.2) is 4.39 Å². The summed E-state index contributed by atoms with van der Waals surface area (Å²) < 4.78 is 12.8. The average molecular weight is 245 g/mol. The number of aliphatic carboxylic acids is 1. The van der Waals surface area contributed by atoms with Crippen molar-refractivity contribution in [3.8, 4) is 0 Å². The molecule has 0 saturated carbocycles. The lowest BCUT2D eigenvalue weighted by Gasteiger charge is -2.30. The lowest BCUT2D eigenvalue weighted by atomic mass is 9.86. The van der Waals surface area contributed by atoms with Crippen molar-refractivity contribution in [1.29, 1.82) is 0 Å². The first-order chi connectivity index (χ1) is 8.55. The summed E-state index contributed by atoms with van der Waals surface area (Å²) in [6.45, 7) is 0. The third-order valence-electron chi connectivity index (χ3n) is 2.75. The minimum Gasteiger partial charge on any atom is -0.546 e. The first-order valence-corrected chi connectivity index (χ1v) is 5.30. The molecule has 3 nitrogen and oxygen atoms in total. The first kappa shape index (κ1) is 12.3. The van der Waals surface area contributed by atoms with Gasteiger partial charge in [-0.2, -0.15) is 0 Å². The highest BCUT2D eigenvalue weighted by Crippen LogP contribution is 2.29. The van der Waals surface area contributed by atoms with E-state index in [-0.39, 0.29) is 11.1 Å². The number of halogens is 1. The van der Waals surface area contributed by atoms with Gasteiger partial charge in [0.25, 0.3) is 0 Å². The van der Waals surface area contributed by atoms with Gasteiger partial charge in [-0.1, -0.05) is 42.5 Å². The third kappa shape index (κ3) is 1.98. The molecule has 18 heavy (non-hydrogen) atoms. The molecule has 1 N–H and O–H groups in total. The first-order valence-electron chi connectivity index (χ1n) is 5.30. The number of carbonyl (C=O) groups is 1. The predicted octanol–water partition coefficient (Wildman–Crippen LogP) is 0.811. The van der Waals surface area contributed by atoms with Crippen LogP contribution in [0.3, 0.4) is 0 Å². The molecule has 92 valence electrons. The number of aliphatic hydroxyl groups is 1. The summed E-state index contributed by atoms with van der Waals surface area (Å²) in [6.07, 6.45) is 0. The Bertz CT molecular complexity index is 551. The molecule has 0 bridgehead atoms. The summed E-state index contributed by atoms with van der Waals surface area (Å²) in [5, 5.41) is 21.6. The Morgan fingerprint density at radius 1 is 1.00 bits per heavy atom. The Morgan fingerprint density at radius 2 is 1.50 bits per heavy atom. The maximum atomic E-state index is 12.8. The molecular weight excluding hydrogens is 235 g/mol. The average Bonchev–Trinajstić information content (AvgIpc) is 2.39. The van der Waals surface area contributed by atoms with Crippen LogP contribution in [0.4, 0.5) is 4.39 Å². The van der Waals surface area contributed by atoms with Crippen molar-refractivity contribution in [2.75, 3.05) is 0 Å². The predicted molar refractivity (Wildman–Crippen MR) is 60.8 cm³/mol. The van der Waals surface area contributed by atoms with Crippen LogP contribution < -0.4 is 5.11 Å². The Balaban J connectivity index is 2.58. The van der Waals surface area contributed by atoms with Crippen LogP contribution in [0.5, 0.6) is 0 Å². The molecule has 4 heteroatoms. The molecule has 1 unspecified atom stereocenters. The second kappa shape index (κ2) is 4.58. The van der Waals surface area contributed by atoms with E-state index in [4.69, 9.17) is 0 Å². The highest BCUT2D eigenvalue weighted by atomic mass is 19.1. The lowest BCUT2D eigenvalue weighted by molar-refractivity contribution is -0.322. The van der Waals surface area contributed by atoms with Crippen molar-refractivity contribution < 1.29 is 19.4 Å². The Hall–Kier alpha value is -2.20. The molecule has 0 aromatic heterocycles. The summed E-state index contributed by atoms with van der Waals surface area (Å²) in [5.74, 6) is -2.16. The van der Waals surface area contributed by atoms with Crippen molar-refractivity contribution in [1.82, 2.24) is 0 Å². The highest BCUT2D eigenvalue weighted by molar-refractivity contribution is 5.81. The SMILES string of the molecule is O=C([O-])C(O)(c1ccccc1)c1ccc(F)cc1. The van der Waals surface area contributed by atoms with E-state index in [1.54, 1.807) is 18.2 Å². The Labute approximate surface area is 103 Å². The smallest absolute Gasteiger partial charge is 0.154 e. The molecule has 2 rings (SSSR count). The molecule has 0 spiro atoms. The number of hydrogen-bond acceptors (Lipinski definition) is 3. The summed E-state index contributed by atoms with van der Waals surface area (Å²) >= 11 is 0. The largest absolute Gasteiger partial charge is 0.546 e. The molecule has 0 aliphatic rings. The standard InChI is InChI=1S/C14H11FO3/c15-12-8-6-11(7-9-12)14(18,13(16)17)10-4-2-1-3-5-10/h1-9,18H,(H,16,17)/p-1. The third-order valence-corrected chi connectivity index (χ3v) is 2.75. The fourth-order valence-corrected chi connectivity index (χ4v) is 1.77. The molecule has 0 saturated heterocycles. The molecule has 2 aromatic carbocycles. The summed E-state index contributed by atoms with van der Waals surface area (Å²) in [4.78, 5) is 11.3. The number of rotatable bonds is 3. The van der Waals surface area contributed by atoms with Crippen LogP contribution in [0, 0.1) is 5.82 Å². The number of carboxylic acids is 1. The minimum atomic E-state index is -2.28. The minimum absolute atomic E-state index is 0.0510. The number of carboxylic acid groups (broad SMARTS) is 1. The molecule has 1 atom stereocenters. The number of benzene rings is 2. The Morgan fingerprint density at radius 3 is 2.00 bits per heavy atom. The molecule has 0 amide bonds. The number of carbonyl (C=O) groups excluding carboxylic acids is 1. The fraction of sp³-hybridized carbons (Fsp3) is 0.0714. The van der Waals surface area contributed by atoms with Crippen molar-refractivity contribution in [2.45, 2.75) is 5.60 Å². The van der Waals surface area contributed by atoms with E-state index >= 15 is 0 Å². The second-order valence-electron chi connectivity index (χ2n) is 3.87. The van der Waals surface area contributed by atoms with E-state index in [0.29, 0.717) is 0 Å². The molecule has 0 aliphatic heterocycles. The van der Waals surface area contributed by atoms with Gasteiger partial charge in [0.1, 0.15) is 5.82 Å².